The maximum absolute atomic E-state index is 13.0. The van der Waals surface area contributed by atoms with E-state index in [1.54, 1.807) is 0 Å². The molecule has 0 aliphatic carbocycles. The summed E-state index contributed by atoms with van der Waals surface area (Å²) in [5.74, 6) is 0. The van der Waals surface area contributed by atoms with E-state index in [1.165, 1.54) is 12.8 Å². The van der Waals surface area contributed by atoms with Gasteiger partial charge in [-0.15, -0.1) is 0 Å². The summed E-state index contributed by atoms with van der Waals surface area (Å²) >= 11 is 0. The van der Waals surface area contributed by atoms with Crippen molar-refractivity contribution in [3.63, 3.8) is 0 Å². The molecule has 5 heteroatoms. The van der Waals surface area contributed by atoms with Gasteiger partial charge in [0.05, 0.1) is 4.90 Å². The Labute approximate surface area is 146 Å². The largest absolute Gasteiger partial charge is 0.299 e. The first-order valence-electron chi connectivity index (χ1n) is 9.06. The highest BCUT2D eigenvalue weighted by Gasteiger charge is 2.38. The summed E-state index contributed by atoms with van der Waals surface area (Å²) in [6.07, 6.45) is 4.47. The predicted molar refractivity (Wildman–Crippen MR) is 97.8 cm³/mol. The lowest BCUT2D eigenvalue weighted by Crippen LogP contribution is -2.46. The fourth-order valence-corrected chi connectivity index (χ4v) is 5.58. The highest BCUT2D eigenvalue weighted by molar-refractivity contribution is 7.89. The molecule has 0 saturated carbocycles. The van der Waals surface area contributed by atoms with Gasteiger partial charge in [0.15, 0.2) is 0 Å². The van der Waals surface area contributed by atoms with Gasteiger partial charge >= 0.3 is 0 Å². The molecule has 4 nitrogen and oxygen atoms in total. The van der Waals surface area contributed by atoms with Crippen LogP contribution in [0, 0.1) is 6.92 Å². The molecule has 2 saturated heterocycles. The Hall–Kier alpha value is -0.910. The minimum Gasteiger partial charge on any atom is -0.299 e. The summed E-state index contributed by atoms with van der Waals surface area (Å²) in [7, 11) is -3.48. The van der Waals surface area contributed by atoms with Gasteiger partial charge in [-0.2, -0.15) is 0 Å². The number of hydrogen-bond donors (Lipinski definition) is 1. The van der Waals surface area contributed by atoms with Crippen LogP contribution in [0.1, 0.15) is 57.6 Å². The Bertz CT molecular complexity index is 707. The second kappa shape index (κ2) is 6.43. The van der Waals surface area contributed by atoms with Crippen LogP contribution in [-0.2, 0) is 15.4 Å². The van der Waals surface area contributed by atoms with Gasteiger partial charge in [-0.25, -0.2) is 13.1 Å². The van der Waals surface area contributed by atoms with E-state index in [0.717, 1.165) is 37.1 Å². The monoisotopic (exact) mass is 350 g/mol. The van der Waals surface area contributed by atoms with Crippen LogP contribution in [0.25, 0.3) is 0 Å². The molecule has 3 rings (SSSR count). The number of rotatable bonds is 3. The number of aryl methyl sites for hydroxylation is 1. The van der Waals surface area contributed by atoms with E-state index in [-0.39, 0.29) is 11.5 Å². The van der Waals surface area contributed by atoms with Crippen LogP contribution in [0.2, 0.25) is 0 Å². The normalized spacial score (nSPS) is 25.7. The first-order chi connectivity index (χ1) is 11.2. The van der Waals surface area contributed by atoms with Gasteiger partial charge in [-0.3, -0.25) is 4.90 Å². The summed E-state index contributed by atoms with van der Waals surface area (Å²) in [5, 5.41) is 0. The van der Waals surface area contributed by atoms with Gasteiger partial charge in [0.2, 0.25) is 10.0 Å². The summed E-state index contributed by atoms with van der Waals surface area (Å²) in [4.78, 5) is 2.89. The number of benzene rings is 1. The molecule has 2 unspecified atom stereocenters. The molecule has 0 aromatic heterocycles. The second-order valence-electron chi connectivity index (χ2n) is 8.35. The molecule has 1 aromatic rings. The van der Waals surface area contributed by atoms with Crippen molar-refractivity contribution in [1.82, 2.24) is 9.62 Å². The average molecular weight is 351 g/mol. The Morgan fingerprint density at radius 2 is 1.88 bits per heavy atom. The van der Waals surface area contributed by atoms with Crippen molar-refractivity contribution in [2.75, 3.05) is 13.1 Å². The number of hydrogen-bond acceptors (Lipinski definition) is 3. The van der Waals surface area contributed by atoms with Crippen molar-refractivity contribution >= 4 is 10.0 Å². The van der Waals surface area contributed by atoms with Crippen LogP contribution in [-0.4, -0.2) is 38.5 Å². The zero-order valence-corrected chi connectivity index (χ0v) is 16.1. The molecule has 2 aliphatic heterocycles. The van der Waals surface area contributed by atoms with E-state index in [2.05, 4.69) is 30.4 Å². The zero-order chi connectivity index (χ0) is 17.5. The summed E-state index contributed by atoms with van der Waals surface area (Å²) in [6.45, 7) is 10.3. The smallest absolute Gasteiger partial charge is 0.241 e. The summed E-state index contributed by atoms with van der Waals surface area (Å²) in [6, 6.07) is 6.24. The molecular weight excluding hydrogens is 320 g/mol. The third-order valence-electron chi connectivity index (χ3n) is 5.51. The Balaban J connectivity index is 1.86. The maximum atomic E-state index is 13.0. The molecule has 2 atom stereocenters. The summed E-state index contributed by atoms with van der Waals surface area (Å²) in [5.41, 5.74) is 1.80. The zero-order valence-electron chi connectivity index (χ0n) is 15.3. The highest BCUT2D eigenvalue weighted by atomic mass is 32.2. The number of piperidine rings is 1. The topological polar surface area (TPSA) is 49.4 Å². The number of nitrogens with one attached hydrogen (secondary N) is 1. The van der Waals surface area contributed by atoms with Crippen LogP contribution in [0.5, 0.6) is 0 Å². The molecule has 1 aromatic carbocycles. The van der Waals surface area contributed by atoms with Gasteiger partial charge in [0.25, 0.3) is 0 Å². The van der Waals surface area contributed by atoms with Crippen molar-refractivity contribution in [1.29, 1.82) is 0 Å². The first-order valence-corrected chi connectivity index (χ1v) is 10.5. The molecule has 0 spiro atoms. The number of fused-ring (bicyclic) bond motifs is 1. The minimum absolute atomic E-state index is 0.0491. The lowest BCUT2D eigenvalue weighted by molar-refractivity contribution is 0.186. The fourth-order valence-electron chi connectivity index (χ4n) is 4.00. The van der Waals surface area contributed by atoms with E-state index >= 15 is 0 Å². The van der Waals surface area contributed by atoms with E-state index in [0.29, 0.717) is 10.9 Å². The van der Waals surface area contributed by atoms with Crippen LogP contribution in [0.3, 0.4) is 0 Å². The standard InChI is InChI=1S/C19H30N2O2S/c1-14-8-9-15(19(2,3)4)13-18(14)24(22,23)20-16-10-12-21-11-6-5-7-17(16)21/h8-9,13,16-17,20H,5-7,10-12H2,1-4H3. The van der Waals surface area contributed by atoms with Crippen LogP contribution >= 0.6 is 0 Å². The molecule has 2 heterocycles. The second-order valence-corrected chi connectivity index (χ2v) is 10.0. The molecule has 0 amide bonds. The maximum Gasteiger partial charge on any atom is 0.241 e. The third kappa shape index (κ3) is 3.53. The Kier molecular flexibility index (Phi) is 4.80. The first kappa shape index (κ1) is 17.9. The molecule has 24 heavy (non-hydrogen) atoms. The third-order valence-corrected chi connectivity index (χ3v) is 7.14. The number of nitrogens with zero attached hydrogens (tertiary/aromatic N) is 1. The van der Waals surface area contributed by atoms with Gasteiger partial charge in [-0.05, 0) is 55.3 Å². The predicted octanol–water partition coefficient (Wildman–Crippen LogP) is 3.20. The van der Waals surface area contributed by atoms with Gasteiger partial charge in [0.1, 0.15) is 0 Å². The van der Waals surface area contributed by atoms with Gasteiger partial charge in [0, 0.05) is 18.6 Å². The Morgan fingerprint density at radius 3 is 2.58 bits per heavy atom. The lowest BCUT2D eigenvalue weighted by Gasteiger charge is -2.32. The molecular formula is C19H30N2O2S. The van der Waals surface area contributed by atoms with Gasteiger partial charge in [-0.1, -0.05) is 39.3 Å². The minimum atomic E-state index is -3.48. The van der Waals surface area contributed by atoms with Gasteiger partial charge < -0.3 is 0 Å². The van der Waals surface area contributed by atoms with E-state index in [9.17, 15) is 8.42 Å². The molecule has 0 bridgehead atoms. The molecule has 134 valence electrons. The van der Waals surface area contributed by atoms with Crippen molar-refractivity contribution in [2.24, 2.45) is 0 Å². The van der Waals surface area contributed by atoms with E-state index in [4.69, 9.17) is 0 Å². The Morgan fingerprint density at radius 1 is 1.12 bits per heavy atom. The van der Waals surface area contributed by atoms with Crippen LogP contribution < -0.4 is 4.72 Å². The highest BCUT2D eigenvalue weighted by Crippen LogP contribution is 2.30. The molecule has 2 fully saturated rings. The van der Waals surface area contributed by atoms with Crippen molar-refractivity contribution in [3.8, 4) is 0 Å². The number of sulfonamides is 1. The van der Waals surface area contributed by atoms with Crippen molar-refractivity contribution < 1.29 is 8.42 Å². The SMILES string of the molecule is Cc1ccc(C(C)(C)C)cc1S(=O)(=O)NC1CCN2CCCCC12. The quantitative estimate of drug-likeness (QED) is 0.911. The van der Waals surface area contributed by atoms with Crippen molar-refractivity contribution in [3.05, 3.63) is 29.3 Å². The molecule has 0 radical (unpaired) electrons. The summed E-state index contributed by atoms with van der Waals surface area (Å²) < 4.78 is 29.1. The van der Waals surface area contributed by atoms with Crippen molar-refractivity contribution in [2.45, 2.75) is 75.8 Å². The van der Waals surface area contributed by atoms with E-state index in [1.807, 2.05) is 25.1 Å². The van der Waals surface area contributed by atoms with Crippen LogP contribution in [0.4, 0.5) is 0 Å². The van der Waals surface area contributed by atoms with Crippen LogP contribution in [0.15, 0.2) is 23.1 Å². The molecule has 1 N–H and O–H groups in total. The average Bonchev–Trinajstić information content (AvgIpc) is 2.89. The van der Waals surface area contributed by atoms with E-state index < -0.39 is 10.0 Å². The fraction of sp³-hybridized carbons (Fsp3) is 0.684. The molecule has 2 aliphatic rings. The lowest BCUT2D eigenvalue weighted by atomic mass is 9.87.